The van der Waals surface area contributed by atoms with Crippen LogP contribution in [0.3, 0.4) is 0 Å². The molecule has 0 saturated carbocycles. The summed E-state index contributed by atoms with van der Waals surface area (Å²) in [6, 6.07) is 15.2. The second-order valence-corrected chi connectivity index (χ2v) is 4.87. The smallest absolute Gasteiger partial charge is 0.243 e. The minimum absolute atomic E-state index is 0.00655. The summed E-state index contributed by atoms with van der Waals surface area (Å²) in [6.07, 6.45) is 0. The molecule has 0 saturated heterocycles. The summed E-state index contributed by atoms with van der Waals surface area (Å²) in [5.41, 5.74) is 8.31. The Labute approximate surface area is 123 Å². The first-order valence-electron chi connectivity index (χ1n) is 6.85. The molecule has 0 fully saturated rings. The van der Waals surface area contributed by atoms with E-state index in [1.165, 1.54) is 0 Å². The monoisotopic (exact) mass is 283 g/mol. The highest BCUT2D eigenvalue weighted by Crippen LogP contribution is 2.28. The van der Waals surface area contributed by atoms with Crippen molar-refractivity contribution in [3.8, 4) is 5.75 Å². The zero-order chi connectivity index (χ0) is 14.7. The first kappa shape index (κ1) is 13.3. The van der Waals surface area contributed by atoms with E-state index in [2.05, 4.69) is 5.32 Å². The van der Waals surface area contributed by atoms with Crippen molar-refractivity contribution in [2.45, 2.75) is 0 Å². The van der Waals surface area contributed by atoms with Crippen molar-refractivity contribution in [1.29, 1.82) is 0 Å². The van der Waals surface area contributed by atoms with Gasteiger partial charge >= 0.3 is 0 Å². The van der Waals surface area contributed by atoms with Gasteiger partial charge in [-0.3, -0.25) is 4.79 Å². The van der Waals surface area contributed by atoms with Gasteiger partial charge in [-0.25, -0.2) is 0 Å². The van der Waals surface area contributed by atoms with E-state index in [1.807, 2.05) is 47.4 Å². The Morgan fingerprint density at radius 3 is 2.76 bits per heavy atom. The Bertz CT molecular complexity index is 657. The van der Waals surface area contributed by atoms with E-state index in [1.54, 1.807) is 6.07 Å². The molecule has 2 aromatic carbocycles. The van der Waals surface area contributed by atoms with E-state index >= 15 is 0 Å². The van der Waals surface area contributed by atoms with Crippen LogP contribution in [0.5, 0.6) is 5.75 Å². The molecule has 1 aliphatic heterocycles. The van der Waals surface area contributed by atoms with Crippen molar-refractivity contribution >= 4 is 23.0 Å². The summed E-state index contributed by atoms with van der Waals surface area (Å²) in [5, 5.41) is 2.87. The molecule has 5 nitrogen and oxygen atoms in total. The molecule has 0 unspecified atom stereocenters. The Hall–Kier alpha value is -2.69. The first-order valence-corrected chi connectivity index (χ1v) is 6.85. The highest BCUT2D eigenvalue weighted by Gasteiger charge is 2.21. The summed E-state index contributed by atoms with van der Waals surface area (Å²) in [5.74, 6) is 0.667. The molecule has 1 amide bonds. The number of anilines is 3. The maximum absolute atomic E-state index is 11.7. The Morgan fingerprint density at radius 2 is 1.90 bits per heavy atom. The molecule has 0 aliphatic carbocycles. The number of nitrogen functional groups attached to an aromatic ring is 1. The van der Waals surface area contributed by atoms with Gasteiger partial charge in [0, 0.05) is 0 Å². The number of para-hydroxylation sites is 4. The molecule has 108 valence electrons. The van der Waals surface area contributed by atoms with Crippen LogP contribution in [0.1, 0.15) is 0 Å². The number of hydrogen-bond acceptors (Lipinski definition) is 4. The number of carbonyl (C=O) groups is 1. The molecule has 0 bridgehead atoms. The summed E-state index contributed by atoms with van der Waals surface area (Å²) >= 11 is 0. The van der Waals surface area contributed by atoms with Gasteiger partial charge in [-0.05, 0) is 24.3 Å². The molecule has 3 rings (SSSR count). The molecule has 3 N–H and O–H groups in total. The summed E-state index contributed by atoms with van der Waals surface area (Å²) in [7, 11) is 0. The van der Waals surface area contributed by atoms with Gasteiger partial charge in [0.05, 0.1) is 30.2 Å². The fourth-order valence-electron chi connectivity index (χ4n) is 2.38. The van der Waals surface area contributed by atoms with E-state index in [0.29, 0.717) is 31.1 Å². The third-order valence-corrected chi connectivity index (χ3v) is 3.39. The number of nitrogens with two attached hydrogens (primary N) is 1. The van der Waals surface area contributed by atoms with Crippen LogP contribution in [0.4, 0.5) is 17.1 Å². The quantitative estimate of drug-likeness (QED) is 0.843. The lowest BCUT2D eigenvalue weighted by Crippen LogP contribution is -2.40. The van der Waals surface area contributed by atoms with Gasteiger partial charge in [-0.2, -0.15) is 0 Å². The van der Waals surface area contributed by atoms with Gasteiger partial charge in [0.15, 0.2) is 0 Å². The number of carbonyl (C=O) groups excluding carboxylic acids is 1. The zero-order valence-corrected chi connectivity index (χ0v) is 11.6. The van der Waals surface area contributed by atoms with Gasteiger partial charge in [0.25, 0.3) is 0 Å². The van der Waals surface area contributed by atoms with Crippen molar-refractivity contribution in [2.24, 2.45) is 0 Å². The molecular weight excluding hydrogens is 266 g/mol. The summed E-state index contributed by atoms with van der Waals surface area (Å²) in [6.45, 7) is 1.43. The number of rotatable bonds is 4. The molecule has 0 atom stereocenters. The number of ether oxygens (including phenoxy) is 1. The van der Waals surface area contributed by atoms with Crippen molar-refractivity contribution in [1.82, 2.24) is 0 Å². The van der Waals surface area contributed by atoms with Crippen LogP contribution in [0.25, 0.3) is 0 Å². The lowest BCUT2D eigenvalue weighted by atomic mass is 10.2. The number of hydrogen-bond donors (Lipinski definition) is 2. The van der Waals surface area contributed by atoms with Gasteiger partial charge in [0.1, 0.15) is 12.4 Å². The van der Waals surface area contributed by atoms with Crippen LogP contribution in [0.15, 0.2) is 48.5 Å². The Morgan fingerprint density at radius 1 is 1.14 bits per heavy atom. The molecule has 0 radical (unpaired) electrons. The minimum atomic E-state index is -0.00655. The van der Waals surface area contributed by atoms with Crippen LogP contribution < -0.4 is 20.7 Å². The van der Waals surface area contributed by atoms with Crippen LogP contribution in [-0.4, -0.2) is 25.6 Å². The second kappa shape index (κ2) is 5.75. The van der Waals surface area contributed by atoms with E-state index in [0.717, 1.165) is 11.4 Å². The molecule has 5 heteroatoms. The number of benzene rings is 2. The van der Waals surface area contributed by atoms with Gasteiger partial charge < -0.3 is 20.7 Å². The molecule has 1 heterocycles. The summed E-state index contributed by atoms with van der Waals surface area (Å²) in [4.78, 5) is 13.7. The number of nitrogens with one attached hydrogen (secondary N) is 1. The lowest BCUT2D eigenvalue weighted by molar-refractivity contribution is -0.115. The van der Waals surface area contributed by atoms with Gasteiger partial charge in [-0.15, -0.1) is 0 Å². The third-order valence-electron chi connectivity index (χ3n) is 3.39. The number of nitrogens with zero attached hydrogens (tertiary/aromatic N) is 1. The maximum atomic E-state index is 11.7. The fraction of sp³-hybridized carbons (Fsp3) is 0.188. The van der Waals surface area contributed by atoms with Crippen molar-refractivity contribution in [3.63, 3.8) is 0 Å². The highest BCUT2D eigenvalue weighted by molar-refractivity contribution is 6.01. The standard InChI is InChI=1S/C16H17N3O2/c17-12-5-1-4-8-15(12)21-10-9-19-11-16(20)18-13-6-2-3-7-14(13)19/h1-8H,9-11,17H2,(H,18,20). The van der Waals surface area contributed by atoms with Gasteiger partial charge in [-0.1, -0.05) is 24.3 Å². The van der Waals surface area contributed by atoms with Crippen molar-refractivity contribution < 1.29 is 9.53 Å². The van der Waals surface area contributed by atoms with E-state index in [9.17, 15) is 4.79 Å². The van der Waals surface area contributed by atoms with Crippen LogP contribution in [-0.2, 0) is 4.79 Å². The van der Waals surface area contributed by atoms with Crippen molar-refractivity contribution in [3.05, 3.63) is 48.5 Å². The van der Waals surface area contributed by atoms with Crippen LogP contribution in [0.2, 0.25) is 0 Å². The second-order valence-electron chi connectivity index (χ2n) is 4.87. The molecule has 1 aliphatic rings. The van der Waals surface area contributed by atoms with Crippen LogP contribution in [0, 0.1) is 0 Å². The SMILES string of the molecule is Nc1ccccc1OCCN1CC(=O)Nc2ccccc21. The Kier molecular flexibility index (Phi) is 3.64. The van der Waals surface area contributed by atoms with Gasteiger partial charge in [0.2, 0.25) is 5.91 Å². The average Bonchev–Trinajstić information content (AvgIpc) is 2.49. The van der Waals surface area contributed by atoms with E-state index in [-0.39, 0.29) is 5.91 Å². The third kappa shape index (κ3) is 2.91. The average molecular weight is 283 g/mol. The summed E-state index contributed by atoms with van der Waals surface area (Å²) < 4.78 is 5.69. The highest BCUT2D eigenvalue weighted by atomic mass is 16.5. The van der Waals surface area contributed by atoms with E-state index < -0.39 is 0 Å². The fourth-order valence-corrected chi connectivity index (χ4v) is 2.38. The van der Waals surface area contributed by atoms with Crippen LogP contribution >= 0.6 is 0 Å². The molecule has 2 aromatic rings. The van der Waals surface area contributed by atoms with E-state index in [4.69, 9.17) is 10.5 Å². The molecular formula is C16H17N3O2. The normalized spacial score (nSPS) is 13.5. The Balaban J connectivity index is 1.66. The molecule has 0 spiro atoms. The molecule has 21 heavy (non-hydrogen) atoms. The molecule has 0 aromatic heterocycles. The number of amides is 1. The zero-order valence-electron chi connectivity index (χ0n) is 11.6. The predicted molar refractivity (Wildman–Crippen MR) is 83.6 cm³/mol. The minimum Gasteiger partial charge on any atom is -0.490 e. The first-order chi connectivity index (χ1) is 10.2. The largest absolute Gasteiger partial charge is 0.490 e. The van der Waals surface area contributed by atoms with Crippen molar-refractivity contribution in [2.75, 3.05) is 35.6 Å². The maximum Gasteiger partial charge on any atom is 0.243 e. The topological polar surface area (TPSA) is 67.6 Å². The lowest BCUT2D eigenvalue weighted by Gasteiger charge is -2.30. The predicted octanol–water partition coefficient (Wildman–Crippen LogP) is 2.11. The number of fused-ring (bicyclic) bond motifs is 1.